The van der Waals surface area contributed by atoms with Gasteiger partial charge < -0.3 is 30.2 Å². The third-order valence-corrected chi connectivity index (χ3v) is 6.15. The van der Waals surface area contributed by atoms with E-state index in [0.29, 0.717) is 43.1 Å². The number of hydrogen-bond acceptors (Lipinski definition) is 12. The number of rotatable bonds is 8. The molecule has 0 bridgehead atoms. The van der Waals surface area contributed by atoms with E-state index in [1.807, 2.05) is 18.3 Å². The lowest BCUT2D eigenvalue weighted by molar-refractivity contribution is 0.122. The topological polar surface area (TPSA) is 138 Å². The number of morpholine rings is 1. The molecule has 1 aliphatic carbocycles. The average molecular weight is 463 g/mol. The molecule has 6 rings (SSSR count). The Morgan fingerprint density at radius 1 is 1.12 bits per heavy atom. The molecule has 34 heavy (non-hydrogen) atoms. The van der Waals surface area contributed by atoms with Crippen molar-refractivity contribution >= 4 is 17.6 Å². The van der Waals surface area contributed by atoms with E-state index in [1.54, 1.807) is 12.4 Å². The van der Waals surface area contributed by atoms with Gasteiger partial charge in [0, 0.05) is 55.3 Å². The van der Waals surface area contributed by atoms with Crippen molar-refractivity contribution in [2.24, 2.45) is 5.92 Å². The van der Waals surface area contributed by atoms with Crippen molar-refractivity contribution in [1.29, 1.82) is 0 Å². The minimum Gasteiger partial charge on any atom is -0.378 e. The van der Waals surface area contributed by atoms with Gasteiger partial charge in [0.2, 0.25) is 5.95 Å². The number of hydrazine groups is 1. The molecule has 2 aliphatic heterocycles. The lowest BCUT2D eigenvalue weighted by Gasteiger charge is -2.31. The van der Waals surface area contributed by atoms with Crippen LogP contribution in [0.15, 0.2) is 47.7 Å². The molecule has 3 aromatic heterocycles. The zero-order valence-corrected chi connectivity index (χ0v) is 18.6. The van der Waals surface area contributed by atoms with Crippen LogP contribution in [0.3, 0.4) is 0 Å². The summed E-state index contributed by atoms with van der Waals surface area (Å²) in [7, 11) is 0. The first-order chi connectivity index (χ1) is 16.8. The normalized spacial score (nSPS) is 21.9. The molecule has 0 radical (unpaired) electrons. The van der Waals surface area contributed by atoms with Crippen molar-refractivity contribution in [1.82, 2.24) is 35.9 Å². The van der Waals surface area contributed by atoms with Gasteiger partial charge in [0.25, 0.3) is 0 Å². The maximum atomic E-state index is 5.52. The first-order valence-electron chi connectivity index (χ1n) is 11.4. The van der Waals surface area contributed by atoms with Crippen LogP contribution in [-0.2, 0) is 11.3 Å². The summed E-state index contributed by atoms with van der Waals surface area (Å²) in [5, 5.41) is 11.0. The molecule has 1 atom stereocenters. The monoisotopic (exact) mass is 462 g/mol. The fourth-order valence-electron chi connectivity index (χ4n) is 4.20. The quantitative estimate of drug-likeness (QED) is 0.386. The lowest BCUT2D eigenvalue weighted by Crippen LogP contribution is -2.52. The second-order valence-electron chi connectivity index (χ2n) is 8.56. The first kappa shape index (κ1) is 20.8. The molecule has 0 amide bonds. The Morgan fingerprint density at radius 2 is 1.97 bits per heavy atom. The van der Waals surface area contributed by atoms with E-state index in [0.717, 1.165) is 30.3 Å². The Labute approximate surface area is 196 Å². The van der Waals surface area contributed by atoms with Crippen LogP contribution in [0.1, 0.15) is 18.6 Å². The van der Waals surface area contributed by atoms with Gasteiger partial charge in [-0.15, -0.1) is 0 Å². The Kier molecular flexibility index (Phi) is 5.43. The van der Waals surface area contributed by atoms with E-state index < -0.39 is 0 Å². The Hall–Kier alpha value is -3.77. The number of aromatic nitrogens is 5. The van der Waals surface area contributed by atoms with Gasteiger partial charge in [0.15, 0.2) is 5.76 Å². The Morgan fingerprint density at radius 3 is 2.74 bits per heavy atom. The van der Waals surface area contributed by atoms with Gasteiger partial charge in [0.1, 0.15) is 29.3 Å². The van der Waals surface area contributed by atoms with E-state index in [4.69, 9.17) is 19.2 Å². The largest absolute Gasteiger partial charge is 0.378 e. The molecular weight excluding hydrogens is 436 g/mol. The van der Waals surface area contributed by atoms with Gasteiger partial charge in [-0.1, -0.05) is 5.16 Å². The third kappa shape index (κ3) is 4.37. The number of anilines is 3. The van der Waals surface area contributed by atoms with Crippen molar-refractivity contribution in [3.05, 3.63) is 48.9 Å². The maximum Gasteiger partial charge on any atom is 0.226 e. The molecule has 5 heterocycles. The number of hydrogen-bond donors (Lipinski definition) is 4. The molecule has 12 nitrogen and oxygen atoms in total. The summed E-state index contributed by atoms with van der Waals surface area (Å²) >= 11 is 0. The van der Waals surface area contributed by atoms with E-state index >= 15 is 0 Å². The smallest absolute Gasteiger partial charge is 0.226 e. The summed E-state index contributed by atoms with van der Waals surface area (Å²) in [6.45, 7) is 3.32. The van der Waals surface area contributed by atoms with Crippen LogP contribution in [0.5, 0.6) is 0 Å². The molecule has 2 fully saturated rings. The molecule has 0 aromatic carbocycles. The summed E-state index contributed by atoms with van der Waals surface area (Å²) in [6.07, 6.45) is 11.3. The van der Waals surface area contributed by atoms with Gasteiger partial charge in [-0.2, -0.15) is 9.97 Å². The SMILES string of the molecule is C1=CC(Nc2cc(N3CCOCC3)nc(NCc3cc(-c4cncnc4)no3)n2)(C2CC2)NN1. The fourth-order valence-corrected chi connectivity index (χ4v) is 4.20. The van der Waals surface area contributed by atoms with E-state index in [-0.39, 0.29) is 5.66 Å². The van der Waals surface area contributed by atoms with Crippen molar-refractivity contribution in [3.8, 4) is 11.3 Å². The standard InChI is InChI=1S/C22H26N10O2/c1-2-16(1)22(3-4-26-31-22)29-19-10-20(32-5-7-33-8-6-32)28-21(27-19)25-13-17-9-18(30-34-17)15-11-23-14-24-12-15/h3-4,9-12,14,16,26,31H,1-2,5-8,13H2,(H2,25,27,28,29). The molecule has 3 aromatic rings. The van der Waals surface area contributed by atoms with Gasteiger partial charge in [-0.05, 0) is 18.9 Å². The van der Waals surface area contributed by atoms with Crippen LogP contribution >= 0.6 is 0 Å². The predicted octanol–water partition coefficient (Wildman–Crippen LogP) is 1.51. The minimum atomic E-state index is -0.356. The van der Waals surface area contributed by atoms with Crippen LogP contribution in [-0.4, -0.2) is 57.1 Å². The summed E-state index contributed by atoms with van der Waals surface area (Å²) in [4.78, 5) is 19.8. The van der Waals surface area contributed by atoms with Gasteiger partial charge in [0.05, 0.1) is 19.8 Å². The van der Waals surface area contributed by atoms with Crippen molar-refractivity contribution < 1.29 is 9.26 Å². The zero-order chi connectivity index (χ0) is 22.8. The molecule has 4 N–H and O–H groups in total. The van der Waals surface area contributed by atoms with E-state index in [9.17, 15) is 0 Å². The van der Waals surface area contributed by atoms with E-state index in [2.05, 4.69) is 47.6 Å². The molecular formula is C22H26N10O2. The fraction of sp³-hybridized carbons (Fsp3) is 0.409. The molecule has 3 aliphatic rings. The molecule has 176 valence electrons. The second kappa shape index (κ2) is 8.88. The molecule has 0 spiro atoms. The number of nitrogens with one attached hydrogen (secondary N) is 4. The number of ether oxygens (including phenoxy) is 1. The highest BCUT2D eigenvalue weighted by Crippen LogP contribution is 2.41. The molecule has 1 saturated heterocycles. The van der Waals surface area contributed by atoms with Gasteiger partial charge in [-0.25, -0.2) is 15.4 Å². The van der Waals surface area contributed by atoms with Crippen LogP contribution in [0.4, 0.5) is 17.6 Å². The van der Waals surface area contributed by atoms with Crippen molar-refractivity contribution in [2.45, 2.75) is 25.0 Å². The lowest BCUT2D eigenvalue weighted by atomic mass is 10.1. The summed E-state index contributed by atoms with van der Waals surface area (Å²) < 4.78 is 11.0. The van der Waals surface area contributed by atoms with Crippen molar-refractivity contribution in [2.75, 3.05) is 41.8 Å². The van der Waals surface area contributed by atoms with Crippen LogP contribution in [0, 0.1) is 5.92 Å². The summed E-state index contributed by atoms with van der Waals surface area (Å²) in [6, 6.07) is 3.86. The summed E-state index contributed by atoms with van der Waals surface area (Å²) in [5.41, 5.74) is 7.58. The Bertz CT molecular complexity index is 1160. The summed E-state index contributed by atoms with van der Waals surface area (Å²) in [5.74, 6) is 3.27. The molecule has 1 saturated carbocycles. The zero-order valence-electron chi connectivity index (χ0n) is 18.6. The highest BCUT2D eigenvalue weighted by atomic mass is 16.5. The second-order valence-corrected chi connectivity index (χ2v) is 8.56. The average Bonchev–Trinajstić information content (AvgIpc) is 3.47. The van der Waals surface area contributed by atoms with E-state index in [1.165, 1.54) is 19.2 Å². The van der Waals surface area contributed by atoms with Gasteiger partial charge in [-0.3, -0.25) is 0 Å². The van der Waals surface area contributed by atoms with Crippen LogP contribution < -0.4 is 26.4 Å². The minimum absolute atomic E-state index is 0.356. The maximum absolute atomic E-state index is 5.52. The molecule has 12 heteroatoms. The van der Waals surface area contributed by atoms with Gasteiger partial charge >= 0.3 is 0 Å². The highest BCUT2D eigenvalue weighted by molar-refractivity contribution is 5.57. The Balaban J connectivity index is 1.23. The predicted molar refractivity (Wildman–Crippen MR) is 124 cm³/mol. The van der Waals surface area contributed by atoms with Crippen LogP contribution in [0.2, 0.25) is 0 Å². The van der Waals surface area contributed by atoms with Crippen molar-refractivity contribution in [3.63, 3.8) is 0 Å². The number of nitrogens with zero attached hydrogens (tertiary/aromatic N) is 6. The molecule has 1 unspecified atom stereocenters. The van der Waals surface area contributed by atoms with Crippen LogP contribution in [0.25, 0.3) is 11.3 Å². The highest BCUT2D eigenvalue weighted by Gasteiger charge is 2.45. The first-order valence-corrected chi connectivity index (χ1v) is 11.4. The third-order valence-electron chi connectivity index (χ3n) is 6.15.